The molecular formula is C14H17N3O2. The van der Waals surface area contributed by atoms with Crippen LogP contribution in [0.1, 0.15) is 43.7 Å². The number of aromatic nitrogens is 2. The van der Waals surface area contributed by atoms with Crippen LogP contribution in [0, 0.1) is 0 Å². The van der Waals surface area contributed by atoms with Gasteiger partial charge in [-0.2, -0.15) is 5.10 Å². The molecule has 1 aliphatic carbocycles. The van der Waals surface area contributed by atoms with Crippen molar-refractivity contribution in [3.63, 3.8) is 0 Å². The Morgan fingerprint density at radius 2 is 2.11 bits per heavy atom. The van der Waals surface area contributed by atoms with Gasteiger partial charge in [0.2, 0.25) is 0 Å². The van der Waals surface area contributed by atoms with Gasteiger partial charge in [-0.1, -0.05) is 19.3 Å². The van der Waals surface area contributed by atoms with Crippen LogP contribution in [-0.4, -0.2) is 21.4 Å². The Hall–Kier alpha value is -2.04. The Kier molecular flexibility index (Phi) is 3.11. The summed E-state index contributed by atoms with van der Waals surface area (Å²) in [5.41, 5.74) is 2.65. The summed E-state index contributed by atoms with van der Waals surface area (Å²) in [7, 11) is 0. The predicted octanol–water partition coefficient (Wildman–Crippen LogP) is 3.70. The minimum Gasteiger partial charge on any atom is -0.465 e. The Labute approximate surface area is 111 Å². The number of anilines is 1. The van der Waals surface area contributed by atoms with Crippen molar-refractivity contribution in [3.05, 3.63) is 23.9 Å². The number of hydrogen-bond donors (Lipinski definition) is 3. The van der Waals surface area contributed by atoms with Crippen molar-refractivity contribution in [1.82, 2.24) is 10.2 Å². The Morgan fingerprint density at radius 1 is 1.32 bits per heavy atom. The maximum Gasteiger partial charge on any atom is 0.409 e. The summed E-state index contributed by atoms with van der Waals surface area (Å²) in [5, 5.41) is 19.7. The second-order valence-electron chi connectivity index (χ2n) is 5.13. The molecule has 5 heteroatoms. The maximum absolute atomic E-state index is 10.7. The van der Waals surface area contributed by atoms with Gasteiger partial charge < -0.3 is 5.11 Å². The molecule has 0 atom stereocenters. The Bertz CT molecular complexity index is 600. The minimum absolute atomic E-state index is 0.527. The van der Waals surface area contributed by atoms with Gasteiger partial charge in [0.05, 0.1) is 5.52 Å². The first-order valence-electron chi connectivity index (χ1n) is 6.72. The van der Waals surface area contributed by atoms with E-state index in [0.717, 1.165) is 16.6 Å². The topological polar surface area (TPSA) is 78.0 Å². The number of nitrogens with one attached hydrogen (secondary N) is 2. The van der Waals surface area contributed by atoms with Crippen molar-refractivity contribution in [1.29, 1.82) is 0 Å². The summed E-state index contributed by atoms with van der Waals surface area (Å²) >= 11 is 0. The van der Waals surface area contributed by atoms with Crippen LogP contribution in [0.2, 0.25) is 0 Å². The summed E-state index contributed by atoms with van der Waals surface area (Å²) in [6, 6.07) is 5.46. The number of rotatable bonds is 2. The van der Waals surface area contributed by atoms with Gasteiger partial charge in [-0.05, 0) is 31.0 Å². The fourth-order valence-corrected chi connectivity index (χ4v) is 2.93. The monoisotopic (exact) mass is 259 g/mol. The van der Waals surface area contributed by atoms with E-state index >= 15 is 0 Å². The SMILES string of the molecule is O=C(O)Nc1ccc2n[nH]c(C3CCCCC3)c2c1. The molecule has 1 heterocycles. The highest BCUT2D eigenvalue weighted by atomic mass is 16.4. The molecule has 0 radical (unpaired) electrons. The fraction of sp³-hybridized carbons (Fsp3) is 0.429. The molecule has 3 N–H and O–H groups in total. The van der Waals surface area contributed by atoms with Gasteiger partial charge in [-0.3, -0.25) is 10.4 Å². The van der Waals surface area contributed by atoms with Crippen LogP contribution in [0.4, 0.5) is 10.5 Å². The molecular weight excluding hydrogens is 242 g/mol. The molecule has 0 unspecified atom stereocenters. The number of carboxylic acid groups (broad SMARTS) is 1. The van der Waals surface area contributed by atoms with Crippen molar-refractivity contribution >= 4 is 22.7 Å². The highest BCUT2D eigenvalue weighted by molar-refractivity contribution is 5.90. The van der Waals surface area contributed by atoms with E-state index in [2.05, 4.69) is 15.5 Å². The van der Waals surface area contributed by atoms with E-state index in [1.54, 1.807) is 6.07 Å². The lowest BCUT2D eigenvalue weighted by molar-refractivity contribution is 0.210. The number of hydrogen-bond acceptors (Lipinski definition) is 2. The number of benzene rings is 1. The highest BCUT2D eigenvalue weighted by Gasteiger charge is 2.20. The van der Waals surface area contributed by atoms with Gasteiger partial charge in [0.15, 0.2) is 0 Å². The van der Waals surface area contributed by atoms with Crippen molar-refractivity contribution < 1.29 is 9.90 Å². The van der Waals surface area contributed by atoms with Crippen molar-refractivity contribution in [2.45, 2.75) is 38.0 Å². The number of aromatic amines is 1. The second-order valence-corrected chi connectivity index (χ2v) is 5.13. The smallest absolute Gasteiger partial charge is 0.409 e. The first-order chi connectivity index (χ1) is 9.24. The largest absolute Gasteiger partial charge is 0.465 e. The third-order valence-electron chi connectivity index (χ3n) is 3.85. The zero-order valence-electron chi connectivity index (χ0n) is 10.6. The van der Waals surface area contributed by atoms with E-state index in [-0.39, 0.29) is 0 Å². The molecule has 1 fully saturated rings. The number of amides is 1. The molecule has 2 aromatic rings. The maximum atomic E-state index is 10.7. The predicted molar refractivity (Wildman–Crippen MR) is 73.6 cm³/mol. The van der Waals surface area contributed by atoms with Gasteiger partial charge in [-0.25, -0.2) is 4.79 Å². The van der Waals surface area contributed by atoms with Crippen LogP contribution in [-0.2, 0) is 0 Å². The third kappa shape index (κ3) is 2.41. The van der Waals surface area contributed by atoms with Gasteiger partial charge in [-0.15, -0.1) is 0 Å². The summed E-state index contributed by atoms with van der Waals surface area (Å²) in [6.45, 7) is 0. The molecule has 5 nitrogen and oxygen atoms in total. The van der Waals surface area contributed by atoms with Crippen LogP contribution in [0.5, 0.6) is 0 Å². The molecule has 1 aromatic heterocycles. The lowest BCUT2D eigenvalue weighted by atomic mass is 9.86. The van der Waals surface area contributed by atoms with Crippen LogP contribution >= 0.6 is 0 Å². The minimum atomic E-state index is -1.04. The van der Waals surface area contributed by atoms with Crippen molar-refractivity contribution in [3.8, 4) is 0 Å². The Morgan fingerprint density at radius 3 is 2.84 bits per heavy atom. The standard InChI is InChI=1S/C14H17N3O2/c18-14(19)15-10-6-7-12-11(8-10)13(17-16-12)9-4-2-1-3-5-9/h6-9,15H,1-5H2,(H,16,17)(H,18,19). The molecule has 0 aliphatic heterocycles. The fourth-order valence-electron chi connectivity index (χ4n) is 2.93. The summed E-state index contributed by atoms with van der Waals surface area (Å²) in [4.78, 5) is 10.7. The van der Waals surface area contributed by atoms with Gasteiger partial charge in [0, 0.05) is 22.7 Å². The molecule has 1 saturated carbocycles. The van der Waals surface area contributed by atoms with Crippen LogP contribution < -0.4 is 5.32 Å². The van der Waals surface area contributed by atoms with Crippen molar-refractivity contribution in [2.75, 3.05) is 5.32 Å². The normalized spacial score (nSPS) is 16.6. The zero-order valence-corrected chi connectivity index (χ0v) is 10.6. The lowest BCUT2D eigenvalue weighted by Gasteiger charge is -2.20. The molecule has 0 spiro atoms. The lowest BCUT2D eigenvalue weighted by Crippen LogP contribution is -2.07. The summed E-state index contributed by atoms with van der Waals surface area (Å²) < 4.78 is 0. The number of carbonyl (C=O) groups is 1. The molecule has 3 rings (SSSR count). The molecule has 1 aromatic carbocycles. The van der Waals surface area contributed by atoms with E-state index in [4.69, 9.17) is 5.11 Å². The Balaban J connectivity index is 1.97. The molecule has 0 bridgehead atoms. The zero-order chi connectivity index (χ0) is 13.2. The number of H-pyrrole nitrogens is 1. The van der Waals surface area contributed by atoms with Crippen LogP contribution in [0.3, 0.4) is 0 Å². The van der Waals surface area contributed by atoms with Crippen LogP contribution in [0.25, 0.3) is 10.9 Å². The molecule has 1 aliphatic rings. The molecule has 19 heavy (non-hydrogen) atoms. The van der Waals surface area contributed by atoms with E-state index < -0.39 is 6.09 Å². The van der Waals surface area contributed by atoms with E-state index in [1.165, 1.54) is 32.1 Å². The third-order valence-corrected chi connectivity index (χ3v) is 3.85. The van der Waals surface area contributed by atoms with Gasteiger partial charge in [0.25, 0.3) is 0 Å². The average Bonchev–Trinajstić information content (AvgIpc) is 2.82. The average molecular weight is 259 g/mol. The van der Waals surface area contributed by atoms with Crippen LogP contribution in [0.15, 0.2) is 18.2 Å². The van der Waals surface area contributed by atoms with Gasteiger partial charge >= 0.3 is 6.09 Å². The molecule has 0 saturated heterocycles. The van der Waals surface area contributed by atoms with E-state index in [0.29, 0.717) is 11.6 Å². The van der Waals surface area contributed by atoms with E-state index in [1.807, 2.05) is 12.1 Å². The summed E-state index contributed by atoms with van der Waals surface area (Å²) in [5.74, 6) is 0.527. The van der Waals surface area contributed by atoms with E-state index in [9.17, 15) is 4.79 Å². The quantitative estimate of drug-likeness (QED) is 0.769. The first-order valence-corrected chi connectivity index (χ1v) is 6.72. The molecule has 100 valence electrons. The van der Waals surface area contributed by atoms with Gasteiger partial charge in [0.1, 0.15) is 0 Å². The number of fused-ring (bicyclic) bond motifs is 1. The first kappa shape index (κ1) is 12.0. The summed E-state index contributed by atoms with van der Waals surface area (Å²) in [6.07, 6.45) is 5.18. The highest BCUT2D eigenvalue weighted by Crippen LogP contribution is 2.35. The van der Waals surface area contributed by atoms with Crippen molar-refractivity contribution in [2.24, 2.45) is 0 Å². The second kappa shape index (κ2) is 4.91. The number of nitrogens with zero attached hydrogens (tertiary/aromatic N) is 1. The molecule has 1 amide bonds.